The van der Waals surface area contributed by atoms with Crippen LogP contribution in [0.4, 0.5) is 44.6 Å². The average Bonchev–Trinajstić information content (AvgIpc) is 1.62. The molecule has 9 N–H and O–H groups in total. The van der Waals surface area contributed by atoms with Crippen molar-refractivity contribution in [3.63, 3.8) is 0 Å². The van der Waals surface area contributed by atoms with Gasteiger partial charge < -0.3 is 51.3 Å². The Kier molecular flexibility index (Phi) is 24.8. The average molecular weight is 1580 g/mol. The topological polar surface area (TPSA) is 262 Å². The van der Waals surface area contributed by atoms with Crippen LogP contribution in [0.25, 0.3) is 33.4 Å². The van der Waals surface area contributed by atoms with Gasteiger partial charge in [-0.2, -0.15) is 0 Å². The van der Waals surface area contributed by atoms with Crippen LogP contribution < -0.4 is 35.4 Å². The number of nitrogens with one attached hydrogen (secondary N) is 3. The molecule has 3 aliphatic heterocycles. The summed E-state index contributed by atoms with van der Waals surface area (Å²) in [6, 6.07) is 86.5. The van der Waals surface area contributed by atoms with Crippen molar-refractivity contribution in [2.75, 3.05) is 14.7 Å². The molecule has 3 fully saturated rings. The van der Waals surface area contributed by atoms with Crippen molar-refractivity contribution >= 4 is 46.7 Å². The van der Waals surface area contributed by atoms with Crippen LogP contribution in [-0.4, -0.2) is 78.4 Å². The first-order valence-electron chi connectivity index (χ1n) is 38.3. The predicted molar refractivity (Wildman–Crippen MR) is 447 cm³/mol. The fourth-order valence-corrected chi connectivity index (χ4v) is 15.0. The number of para-hydroxylation sites is 3. The van der Waals surface area contributed by atoms with E-state index in [0.29, 0.717) is 82.1 Å². The van der Waals surface area contributed by atoms with Gasteiger partial charge in [0.05, 0.1) is 42.4 Å². The molecule has 13 aromatic rings. The summed E-state index contributed by atoms with van der Waals surface area (Å²) in [5.41, 5.74) is 10.7. The summed E-state index contributed by atoms with van der Waals surface area (Å²) in [5.74, 6) is -0.713. The minimum absolute atomic E-state index is 0.00173. The number of rotatable bonds is 23. The number of nitrogens with zero attached hydrogens (tertiary/aromatic N) is 3. The highest BCUT2D eigenvalue weighted by molar-refractivity contribution is 6.05. The number of allylic oxidation sites excluding steroid dienone is 1. The SMILES string of the molecule is O=C(/C=C/[C@@H]1NC(=O)N(c2ccccc2)[C@@H]1c1ccc(-c2cccc(O)c2)cc1OCc1ccccc1)c1ccc(F)cc1.O=C(CC[C@@H]1NC(=O)N(c2ccccc2)[C@@H]1c1ccc(-c2cccc(O)c2)cc1O)c1ccc(F)cc1.O=C1N[C@@H](CC[C@H](O)c2ccc(F)cc2)[C@@H](c2ccc(-c3cccc(O)c3)cc2O)N1c1ccccc1. The van der Waals surface area contributed by atoms with E-state index in [2.05, 4.69) is 16.0 Å². The first-order valence-corrected chi connectivity index (χ1v) is 38.3. The molecule has 3 heterocycles. The zero-order valence-electron chi connectivity index (χ0n) is 63.4. The monoisotopic (exact) mass is 1580 g/mol. The lowest BCUT2D eigenvalue weighted by molar-refractivity contribution is 0.0974. The van der Waals surface area contributed by atoms with E-state index in [1.54, 1.807) is 112 Å². The maximum absolute atomic E-state index is 13.5. The molecule has 0 radical (unpaired) electrons. The molecule has 0 bridgehead atoms. The zero-order valence-corrected chi connectivity index (χ0v) is 63.4. The van der Waals surface area contributed by atoms with Crippen LogP contribution in [0, 0.1) is 17.5 Å². The Hall–Kier alpha value is -14.7. The third-order valence-electron chi connectivity index (χ3n) is 20.8. The Morgan fingerprint density at radius 3 is 1.24 bits per heavy atom. The van der Waals surface area contributed by atoms with Crippen molar-refractivity contribution in [3.05, 3.63) is 390 Å². The first kappa shape index (κ1) is 79.9. The van der Waals surface area contributed by atoms with Crippen LogP contribution in [0.2, 0.25) is 0 Å². The second-order valence-corrected chi connectivity index (χ2v) is 28.6. The summed E-state index contributed by atoms with van der Waals surface area (Å²) in [6.07, 6.45) is 3.46. The fourth-order valence-electron chi connectivity index (χ4n) is 15.0. The Morgan fingerprint density at radius 1 is 0.398 bits per heavy atom. The van der Waals surface area contributed by atoms with Gasteiger partial charge in [0.25, 0.3) is 0 Å². The molecule has 0 aliphatic carbocycles. The Morgan fingerprint density at radius 2 is 0.788 bits per heavy atom. The number of halogens is 3. The summed E-state index contributed by atoms with van der Waals surface area (Å²) in [4.78, 5) is 70.4. The Balaban J connectivity index is 0.000000146. The second kappa shape index (κ2) is 36.6. The zero-order chi connectivity index (χ0) is 82.3. The predicted octanol–water partition coefficient (Wildman–Crippen LogP) is 20.1. The molecule has 0 unspecified atom stereocenters. The van der Waals surface area contributed by atoms with Crippen molar-refractivity contribution in [2.45, 2.75) is 74.6 Å². The van der Waals surface area contributed by atoms with E-state index in [0.717, 1.165) is 38.9 Å². The van der Waals surface area contributed by atoms with Gasteiger partial charge in [0, 0.05) is 51.3 Å². The van der Waals surface area contributed by atoms with E-state index < -0.39 is 54.0 Å². The highest BCUT2D eigenvalue weighted by Crippen LogP contribution is 2.46. The van der Waals surface area contributed by atoms with Crippen molar-refractivity contribution in [2.24, 2.45) is 0 Å². The van der Waals surface area contributed by atoms with Crippen molar-refractivity contribution in [1.82, 2.24) is 16.0 Å². The van der Waals surface area contributed by atoms with Crippen LogP contribution in [0.1, 0.15) is 98.4 Å². The minimum Gasteiger partial charge on any atom is -0.508 e. The number of carbonyl (C=O) groups excluding carboxylic acids is 5. The number of ketones is 2. The van der Waals surface area contributed by atoms with E-state index in [-0.39, 0.29) is 70.6 Å². The maximum atomic E-state index is 13.5. The van der Waals surface area contributed by atoms with Gasteiger partial charge in [0.1, 0.15) is 58.6 Å². The van der Waals surface area contributed by atoms with Gasteiger partial charge in [0.2, 0.25) is 0 Å². The molecule has 0 saturated carbocycles. The number of hydrogen-bond acceptors (Lipinski definition) is 12. The molecule has 7 atom stereocenters. The summed E-state index contributed by atoms with van der Waals surface area (Å²) in [7, 11) is 0. The molecule has 13 aromatic carbocycles. The minimum atomic E-state index is -0.828. The molecule has 0 spiro atoms. The standard InChI is InChI=1S/C37H29FN2O4.C30H27FN2O4.C30H25FN2O4/c38-29-17-14-26(15-18-29)34(42)21-20-33-36(40(37(43)39-33)30-11-5-2-6-12-30)32-19-16-28(27-10-7-13-31(41)22-27)23-35(32)44-24-25-8-3-1-4-9-25;2*31-22-12-9-19(10-13-22)27(35)16-15-26-29(33(30(37)32-26)23-6-2-1-3-7-23)25-14-11-21(18-28(25)36)20-5-4-8-24(34)17-20/h1-23,33,36,41H,24H2,(H,39,43);1-14,17-18,26-27,29,34-36H,15-16H2,(H,32,37);1-14,17-18,26,29,34,36H,15-16H2,(H,32,37)/b21-20+;;/t33-,36+;26-,27-,29+;26-,29+/m000/s1. The molecule has 16 rings (SSSR count). The van der Waals surface area contributed by atoms with Gasteiger partial charge >= 0.3 is 18.1 Å². The van der Waals surface area contributed by atoms with Crippen LogP contribution in [0.15, 0.2) is 334 Å². The van der Waals surface area contributed by atoms with Gasteiger partial charge in [-0.15, -0.1) is 0 Å². The summed E-state index contributed by atoms with van der Waals surface area (Å²) in [6.45, 7) is 0.292. The molecule has 3 saturated heterocycles. The number of anilines is 3. The van der Waals surface area contributed by atoms with Gasteiger partial charge in [-0.05, 0) is 222 Å². The van der Waals surface area contributed by atoms with E-state index in [1.807, 2.05) is 170 Å². The summed E-state index contributed by atoms with van der Waals surface area (Å²) < 4.78 is 46.4. The van der Waals surface area contributed by atoms with Gasteiger partial charge in [0.15, 0.2) is 11.6 Å². The second-order valence-electron chi connectivity index (χ2n) is 28.6. The summed E-state index contributed by atoms with van der Waals surface area (Å²) >= 11 is 0. The fraction of sp³-hybridized carbons (Fsp3) is 0.124. The van der Waals surface area contributed by atoms with Crippen molar-refractivity contribution < 1.29 is 72.5 Å². The van der Waals surface area contributed by atoms with Gasteiger partial charge in [-0.25, -0.2) is 27.6 Å². The highest BCUT2D eigenvalue weighted by Gasteiger charge is 2.45. The number of carbonyl (C=O) groups is 5. The number of amides is 6. The van der Waals surface area contributed by atoms with Crippen LogP contribution >= 0.6 is 0 Å². The molecule has 18 nitrogen and oxygen atoms in total. The van der Waals surface area contributed by atoms with Crippen LogP contribution in [0.5, 0.6) is 34.5 Å². The number of ether oxygens (including phenoxy) is 1. The number of aromatic hydroxyl groups is 5. The lowest BCUT2D eigenvalue weighted by Gasteiger charge is -2.28. The third kappa shape index (κ3) is 18.9. The van der Waals surface area contributed by atoms with Gasteiger partial charge in [-0.1, -0.05) is 176 Å². The molecule has 3 aliphatic rings. The molecule has 0 aromatic heterocycles. The van der Waals surface area contributed by atoms with Crippen LogP contribution in [-0.2, 0) is 6.61 Å². The molecule has 21 heteroatoms. The van der Waals surface area contributed by atoms with Crippen molar-refractivity contribution in [3.8, 4) is 67.9 Å². The summed E-state index contributed by atoms with van der Waals surface area (Å²) in [5, 5.41) is 71.7. The molecule has 592 valence electrons. The number of aliphatic hydroxyl groups excluding tert-OH is 1. The van der Waals surface area contributed by atoms with E-state index in [1.165, 1.54) is 66.7 Å². The normalized spacial score (nSPS) is 17.0. The maximum Gasteiger partial charge on any atom is 0.323 e. The lowest BCUT2D eigenvalue weighted by atomic mass is 9.91. The molecule has 118 heavy (non-hydrogen) atoms. The van der Waals surface area contributed by atoms with Crippen molar-refractivity contribution in [1.29, 1.82) is 0 Å². The van der Waals surface area contributed by atoms with E-state index in [4.69, 9.17) is 4.74 Å². The number of phenols is 5. The highest BCUT2D eigenvalue weighted by atomic mass is 19.1. The third-order valence-corrected chi connectivity index (χ3v) is 20.8. The number of phenolic OH excluding ortho intramolecular Hbond substituents is 5. The molecular weight excluding hydrogens is 1500 g/mol. The number of urea groups is 3. The van der Waals surface area contributed by atoms with E-state index in [9.17, 15) is 67.8 Å². The number of aliphatic hydroxyl groups is 1. The van der Waals surface area contributed by atoms with Crippen LogP contribution in [0.3, 0.4) is 0 Å². The van der Waals surface area contributed by atoms with Gasteiger partial charge in [-0.3, -0.25) is 24.3 Å². The number of Topliss-reactive ketones (excluding diaryl/α,β-unsaturated/α-hetero) is 1. The molecular formula is C97H81F3N6O12. The largest absolute Gasteiger partial charge is 0.508 e. The lowest BCUT2D eigenvalue weighted by Crippen LogP contribution is -2.29. The van der Waals surface area contributed by atoms with E-state index >= 15 is 0 Å². The smallest absolute Gasteiger partial charge is 0.323 e. The number of benzene rings is 13. The first-order chi connectivity index (χ1) is 57.3. The molecule has 6 amide bonds. The Labute approximate surface area is 678 Å². The quantitative estimate of drug-likeness (QED) is 0.0214. The Bertz CT molecular complexity index is 5760. The number of hydrogen-bond donors (Lipinski definition) is 9.